The van der Waals surface area contributed by atoms with Gasteiger partial charge in [0, 0.05) is 51.4 Å². The predicted molar refractivity (Wildman–Crippen MR) is 240 cm³/mol. The van der Waals surface area contributed by atoms with E-state index in [9.17, 15) is 44.4 Å². The number of nitrogens with zero attached hydrogens (tertiary/aromatic N) is 1. The van der Waals surface area contributed by atoms with Crippen LogP contribution in [0.3, 0.4) is 0 Å². The number of carbonyl (C=O) groups is 5. The third-order valence-corrected chi connectivity index (χ3v) is 14.2. The largest absolute Gasteiger partial charge is 0.460 e. The van der Waals surface area contributed by atoms with Gasteiger partial charge >= 0.3 is 5.97 Å². The highest BCUT2D eigenvalue weighted by atomic mass is 16.6. The Balaban J connectivity index is 1.69. The van der Waals surface area contributed by atoms with Gasteiger partial charge in [-0.05, 0) is 107 Å². The molecule has 4 aliphatic rings. The van der Waals surface area contributed by atoms with Crippen LogP contribution in [0.25, 0.3) is 0 Å². The first-order valence-corrected chi connectivity index (χ1v) is 23.5. The van der Waals surface area contributed by atoms with Crippen molar-refractivity contribution in [2.24, 2.45) is 35.5 Å². The highest BCUT2D eigenvalue weighted by molar-refractivity contribution is 6.39. The minimum atomic E-state index is -2.48. The zero-order valence-electron chi connectivity index (χ0n) is 39.6. The van der Waals surface area contributed by atoms with E-state index < -0.39 is 83.9 Å². The van der Waals surface area contributed by atoms with Crippen LogP contribution in [0.5, 0.6) is 0 Å². The summed E-state index contributed by atoms with van der Waals surface area (Å²) in [5, 5.41) is 44.8. The van der Waals surface area contributed by atoms with Gasteiger partial charge in [-0.3, -0.25) is 19.2 Å². The van der Waals surface area contributed by atoms with Crippen molar-refractivity contribution < 1.29 is 63.3 Å². The second-order valence-corrected chi connectivity index (χ2v) is 19.4. The second-order valence-electron chi connectivity index (χ2n) is 19.4. The van der Waals surface area contributed by atoms with Crippen LogP contribution in [0, 0.1) is 35.5 Å². The fourth-order valence-electron chi connectivity index (χ4n) is 9.87. The Morgan fingerprint density at radius 2 is 1.59 bits per heavy atom. The Labute approximate surface area is 380 Å². The van der Waals surface area contributed by atoms with Gasteiger partial charge in [0.25, 0.3) is 11.7 Å². The minimum absolute atomic E-state index is 0.00220. The molecule has 4 rings (SSSR count). The number of hydrogen-bond donors (Lipinski definition) is 4. The van der Waals surface area contributed by atoms with Gasteiger partial charge < -0.3 is 44.3 Å². The lowest BCUT2D eigenvalue weighted by atomic mass is 9.78. The van der Waals surface area contributed by atoms with Gasteiger partial charge in [-0.15, -0.1) is 0 Å². The van der Waals surface area contributed by atoms with Crippen molar-refractivity contribution in [2.75, 3.05) is 20.8 Å². The van der Waals surface area contributed by atoms with Crippen LogP contribution in [0.1, 0.15) is 126 Å². The molecule has 3 fully saturated rings. The summed E-state index contributed by atoms with van der Waals surface area (Å²) in [6.07, 6.45) is 9.58. The topological polar surface area (TPSA) is 206 Å². The summed E-state index contributed by atoms with van der Waals surface area (Å²) in [5.41, 5.74) is 0.926. The maximum absolute atomic E-state index is 14.3. The molecule has 2 bridgehead atoms. The van der Waals surface area contributed by atoms with Gasteiger partial charge in [0.05, 0.1) is 30.5 Å². The molecule has 1 saturated carbocycles. The van der Waals surface area contributed by atoms with Crippen molar-refractivity contribution in [3.8, 4) is 0 Å². The molecule has 2 saturated heterocycles. The van der Waals surface area contributed by atoms with Gasteiger partial charge in [-0.25, -0.2) is 4.79 Å². The van der Waals surface area contributed by atoms with Gasteiger partial charge in [-0.1, -0.05) is 71.1 Å². The van der Waals surface area contributed by atoms with Crippen molar-refractivity contribution in [3.05, 3.63) is 47.6 Å². The van der Waals surface area contributed by atoms with Gasteiger partial charge in [0.1, 0.15) is 18.2 Å². The smallest absolute Gasteiger partial charge is 0.329 e. The van der Waals surface area contributed by atoms with E-state index in [1.54, 1.807) is 60.0 Å². The maximum atomic E-state index is 14.3. The second kappa shape index (κ2) is 24.4. The summed E-state index contributed by atoms with van der Waals surface area (Å²) in [7, 11) is 2.93. The van der Waals surface area contributed by atoms with Gasteiger partial charge in [0.15, 0.2) is 11.6 Å². The summed E-state index contributed by atoms with van der Waals surface area (Å²) in [6, 6.07) is -1.16. The normalized spacial score (nSPS) is 38.2. The molecular formula is C50H77NO13. The molecule has 0 radical (unpaired) electrons. The van der Waals surface area contributed by atoms with E-state index in [1.807, 2.05) is 32.1 Å². The minimum Gasteiger partial charge on any atom is -0.460 e. The summed E-state index contributed by atoms with van der Waals surface area (Å²) in [5.74, 6) is -8.22. The number of rotatable bonds is 5. The van der Waals surface area contributed by atoms with Crippen LogP contribution < -0.4 is 0 Å². The fraction of sp³-hybridized carbons (Fsp3) is 0.740. The first-order chi connectivity index (χ1) is 30.2. The average Bonchev–Trinajstić information content (AvgIpc) is 3.26. The molecule has 3 aliphatic heterocycles. The Kier molecular flexibility index (Phi) is 20.3. The quantitative estimate of drug-likeness (QED) is 0.198. The molecule has 360 valence electrons. The summed E-state index contributed by atoms with van der Waals surface area (Å²) in [6.45, 7) is 12.5. The lowest BCUT2D eigenvalue weighted by molar-refractivity contribution is -0.265. The molecule has 2 unspecified atom stereocenters. The fourth-order valence-corrected chi connectivity index (χ4v) is 9.87. The summed E-state index contributed by atoms with van der Waals surface area (Å²) in [4.78, 5) is 71.4. The zero-order chi connectivity index (χ0) is 47.5. The molecule has 1 aliphatic carbocycles. The summed E-state index contributed by atoms with van der Waals surface area (Å²) < 4.78 is 23.3. The highest BCUT2D eigenvalue weighted by Crippen LogP contribution is 2.37. The van der Waals surface area contributed by atoms with Crippen LogP contribution >= 0.6 is 0 Å². The van der Waals surface area contributed by atoms with E-state index in [-0.39, 0.29) is 61.2 Å². The monoisotopic (exact) mass is 900 g/mol. The SMILES string of the molecule is CO[C@@H]1CC(C[C@@H](C)[C@@H]2CC(=O)C(C)=CC(C)[C@@H](O)[C@@H](OC)C(=O)[C@H](C)C[C@H](C)C=CC=CC=C(C)[C@@H](O)C[C@@H]3CC[C@@H](C)[C@@](O)(O3)C(=O)C(=O)N3CCCC[C@H]3C(=O)O2)CC[C@H]1O. The Morgan fingerprint density at radius 1 is 0.875 bits per heavy atom. The number of hydrogen-bond acceptors (Lipinski definition) is 13. The number of ether oxygens (including phenoxy) is 4. The van der Waals surface area contributed by atoms with E-state index in [0.29, 0.717) is 68.9 Å². The van der Waals surface area contributed by atoms with Crippen molar-refractivity contribution in [3.63, 3.8) is 0 Å². The first kappa shape index (κ1) is 53.2. The number of Topliss-reactive ketones (excluding diaryl/α,β-unsaturated/α-hetero) is 3. The van der Waals surface area contributed by atoms with E-state index in [2.05, 4.69) is 0 Å². The predicted octanol–water partition coefficient (Wildman–Crippen LogP) is 5.53. The Morgan fingerprint density at radius 3 is 2.28 bits per heavy atom. The number of carbonyl (C=O) groups excluding carboxylic acids is 5. The van der Waals surface area contributed by atoms with Crippen molar-refractivity contribution in [1.29, 1.82) is 0 Å². The molecule has 3 heterocycles. The van der Waals surface area contributed by atoms with Crippen LogP contribution in [-0.4, -0.2) is 130 Å². The molecule has 0 aromatic rings. The number of esters is 1. The zero-order valence-corrected chi connectivity index (χ0v) is 39.6. The Bertz CT molecular complexity index is 1740. The van der Waals surface area contributed by atoms with Gasteiger partial charge in [-0.2, -0.15) is 0 Å². The van der Waals surface area contributed by atoms with E-state index in [1.165, 1.54) is 7.11 Å². The molecule has 1 amide bonds. The highest BCUT2D eigenvalue weighted by Gasteiger charge is 2.53. The molecular weight excluding hydrogens is 823 g/mol. The third-order valence-electron chi connectivity index (χ3n) is 14.2. The molecule has 64 heavy (non-hydrogen) atoms. The maximum Gasteiger partial charge on any atom is 0.329 e. The van der Waals surface area contributed by atoms with Crippen molar-refractivity contribution in [2.45, 2.75) is 180 Å². The number of fused-ring (bicyclic) bond motifs is 3. The summed E-state index contributed by atoms with van der Waals surface area (Å²) >= 11 is 0. The van der Waals surface area contributed by atoms with Crippen LogP contribution in [0.15, 0.2) is 47.6 Å². The number of allylic oxidation sites excluding steroid dienone is 6. The van der Waals surface area contributed by atoms with Crippen LogP contribution in [-0.2, 0) is 42.9 Å². The van der Waals surface area contributed by atoms with Gasteiger partial charge in [0.2, 0.25) is 5.79 Å². The van der Waals surface area contributed by atoms with Crippen molar-refractivity contribution >= 4 is 29.2 Å². The molecule has 14 heteroatoms. The molecule has 0 aromatic carbocycles. The number of aliphatic hydroxyl groups excluding tert-OH is 3. The lowest BCUT2D eigenvalue weighted by Gasteiger charge is -2.42. The first-order valence-electron chi connectivity index (χ1n) is 23.5. The molecule has 0 spiro atoms. The van der Waals surface area contributed by atoms with Crippen molar-refractivity contribution in [1.82, 2.24) is 4.90 Å². The standard InChI is InChI=1S/C50H77NO13/c1-29-15-11-10-12-16-30(2)40(53)27-37-20-18-35(7)50(60,64-37)47(57)48(58)51-22-14-13-17-38(51)49(59)63-42(32(4)25-36-19-21-39(52)43(26-36)61-8)28-41(54)31(3)24-34(6)45(56)46(62-9)44(55)33(5)23-29/h10-12,15-16,24,29,32-40,42-43,45-46,52-53,56,60H,13-14,17-23,25-28H2,1-9H3/t29-,32-,33-,34?,35-,36?,37+,38+,39-,40+,42+,43-,45-,46+,50-/m1/s1. The Hall–Kier alpha value is -3.37. The number of aliphatic hydroxyl groups is 4. The molecule has 0 aromatic heterocycles. The van der Waals surface area contributed by atoms with Crippen LogP contribution in [0.2, 0.25) is 0 Å². The molecule has 15 atom stereocenters. The number of piperidine rings is 1. The number of methoxy groups -OCH3 is 2. The third kappa shape index (κ3) is 13.8. The van der Waals surface area contributed by atoms with E-state index >= 15 is 0 Å². The average molecular weight is 900 g/mol. The number of cyclic esters (lactones) is 1. The number of ketones is 3. The van der Waals surface area contributed by atoms with Crippen LogP contribution in [0.4, 0.5) is 0 Å². The van der Waals surface area contributed by atoms with E-state index in [0.717, 1.165) is 4.90 Å². The van der Waals surface area contributed by atoms with E-state index in [4.69, 9.17) is 18.9 Å². The lowest BCUT2D eigenvalue weighted by Crippen LogP contribution is -2.61. The molecule has 4 N–H and O–H groups in total. The molecule has 14 nitrogen and oxygen atoms in total. The number of amides is 1.